The summed E-state index contributed by atoms with van der Waals surface area (Å²) in [4.78, 5) is 4.28. The van der Waals surface area contributed by atoms with Gasteiger partial charge >= 0.3 is 0 Å². The first-order valence-electron chi connectivity index (χ1n) is 4.52. The summed E-state index contributed by atoms with van der Waals surface area (Å²) in [5.74, 6) is 1.64. The molecular weight excluding hydrogens is 184 g/mol. The number of aromatic nitrogens is 1. The molecule has 2 rings (SSSR count). The quantitative estimate of drug-likeness (QED) is 0.752. The SMILES string of the molecule is Cc1cccnc1NC1(CCl)CC1. The first-order chi connectivity index (χ1) is 6.26. The number of nitrogens with one attached hydrogen (secondary N) is 1. The molecule has 70 valence electrons. The van der Waals surface area contributed by atoms with Crippen LogP contribution < -0.4 is 5.32 Å². The van der Waals surface area contributed by atoms with Gasteiger partial charge in [-0.3, -0.25) is 0 Å². The van der Waals surface area contributed by atoms with Crippen molar-refractivity contribution in [3.05, 3.63) is 23.9 Å². The third kappa shape index (κ3) is 1.78. The highest BCUT2D eigenvalue weighted by Gasteiger charge is 2.42. The Bertz CT molecular complexity index is 308. The largest absolute Gasteiger partial charge is 0.363 e. The molecule has 1 N–H and O–H groups in total. The molecule has 0 aliphatic heterocycles. The van der Waals surface area contributed by atoms with E-state index in [0.717, 1.165) is 18.7 Å². The van der Waals surface area contributed by atoms with E-state index in [0.29, 0.717) is 5.88 Å². The van der Waals surface area contributed by atoms with Gasteiger partial charge in [0.2, 0.25) is 0 Å². The second-order valence-corrected chi connectivity index (χ2v) is 3.98. The maximum atomic E-state index is 5.87. The minimum absolute atomic E-state index is 0.140. The second kappa shape index (κ2) is 3.18. The molecule has 1 fully saturated rings. The summed E-state index contributed by atoms with van der Waals surface area (Å²) in [6, 6.07) is 4.00. The van der Waals surface area contributed by atoms with Crippen molar-refractivity contribution < 1.29 is 0 Å². The van der Waals surface area contributed by atoms with Crippen molar-refractivity contribution in [2.45, 2.75) is 25.3 Å². The molecule has 3 heteroatoms. The standard InChI is InChI=1S/C10H13ClN2/c1-8-3-2-6-12-9(8)13-10(7-11)4-5-10/h2-3,6H,4-5,7H2,1H3,(H,12,13). The number of aryl methyl sites for hydroxylation is 1. The Balaban J connectivity index is 2.14. The van der Waals surface area contributed by atoms with Crippen LogP contribution in [-0.4, -0.2) is 16.4 Å². The van der Waals surface area contributed by atoms with E-state index < -0.39 is 0 Å². The Hall–Kier alpha value is -0.760. The molecule has 13 heavy (non-hydrogen) atoms. The van der Waals surface area contributed by atoms with Crippen molar-refractivity contribution in [2.75, 3.05) is 11.2 Å². The van der Waals surface area contributed by atoms with Crippen LogP contribution in [0.2, 0.25) is 0 Å². The minimum Gasteiger partial charge on any atom is -0.363 e. The first-order valence-corrected chi connectivity index (χ1v) is 5.05. The summed E-state index contributed by atoms with van der Waals surface area (Å²) >= 11 is 5.87. The van der Waals surface area contributed by atoms with Crippen LogP contribution in [0.15, 0.2) is 18.3 Å². The van der Waals surface area contributed by atoms with E-state index in [1.807, 2.05) is 6.07 Å². The maximum absolute atomic E-state index is 5.87. The Morgan fingerprint density at radius 3 is 2.92 bits per heavy atom. The zero-order valence-electron chi connectivity index (χ0n) is 7.68. The van der Waals surface area contributed by atoms with Gasteiger partial charge in [-0.1, -0.05) is 6.07 Å². The smallest absolute Gasteiger partial charge is 0.129 e. The van der Waals surface area contributed by atoms with Crippen molar-refractivity contribution in [3.63, 3.8) is 0 Å². The van der Waals surface area contributed by atoms with Crippen LogP contribution >= 0.6 is 11.6 Å². The number of rotatable bonds is 3. The van der Waals surface area contributed by atoms with Crippen molar-refractivity contribution >= 4 is 17.4 Å². The van der Waals surface area contributed by atoms with Gasteiger partial charge in [0.1, 0.15) is 5.82 Å². The van der Waals surface area contributed by atoms with E-state index >= 15 is 0 Å². The van der Waals surface area contributed by atoms with E-state index in [-0.39, 0.29) is 5.54 Å². The highest BCUT2D eigenvalue weighted by Crippen LogP contribution is 2.39. The molecule has 1 aromatic heterocycles. The molecule has 0 radical (unpaired) electrons. The summed E-state index contributed by atoms with van der Waals surface area (Å²) in [5.41, 5.74) is 1.32. The average molecular weight is 197 g/mol. The lowest BCUT2D eigenvalue weighted by molar-refractivity contribution is 0.827. The number of pyridine rings is 1. The third-order valence-electron chi connectivity index (χ3n) is 2.50. The summed E-state index contributed by atoms with van der Waals surface area (Å²) in [6.45, 7) is 2.06. The predicted molar refractivity (Wildman–Crippen MR) is 55.3 cm³/mol. The Labute approximate surface area is 83.3 Å². The molecule has 1 heterocycles. The van der Waals surface area contributed by atoms with Crippen LogP contribution in [-0.2, 0) is 0 Å². The normalized spacial score (nSPS) is 18.3. The molecule has 0 amide bonds. The molecule has 0 bridgehead atoms. The van der Waals surface area contributed by atoms with Crippen LogP contribution in [0.3, 0.4) is 0 Å². The number of hydrogen-bond acceptors (Lipinski definition) is 2. The van der Waals surface area contributed by atoms with Crippen molar-refractivity contribution in [1.82, 2.24) is 4.98 Å². The molecule has 0 spiro atoms. The van der Waals surface area contributed by atoms with E-state index in [1.54, 1.807) is 6.20 Å². The van der Waals surface area contributed by atoms with Crippen molar-refractivity contribution in [1.29, 1.82) is 0 Å². The van der Waals surface area contributed by atoms with Gasteiger partial charge in [-0.2, -0.15) is 0 Å². The van der Waals surface area contributed by atoms with E-state index in [4.69, 9.17) is 11.6 Å². The van der Waals surface area contributed by atoms with Gasteiger partial charge < -0.3 is 5.32 Å². The summed E-state index contributed by atoms with van der Waals surface area (Å²) in [7, 11) is 0. The molecule has 1 saturated carbocycles. The minimum atomic E-state index is 0.140. The summed E-state index contributed by atoms with van der Waals surface area (Å²) in [5, 5.41) is 3.40. The first kappa shape index (κ1) is 8.82. The molecule has 1 aliphatic carbocycles. The summed E-state index contributed by atoms with van der Waals surface area (Å²) in [6.07, 6.45) is 4.12. The highest BCUT2D eigenvalue weighted by atomic mass is 35.5. The molecule has 1 aliphatic rings. The fourth-order valence-corrected chi connectivity index (χ4v) is 1.64. The zero-order valence-corrected chi connectivity index (χ0v) is 8.43. The van der Waals surface area contributed by atoms with Gasteiger partial charge in [-0.25, -0.2) is 4.98 Å². The molecule has 1 aromatic rings. The average Bonchev–Trinajstić information content (AvgIpc) is 2.90. The van der Waals surface area contributed by atoms with E-state index in [2.05, 4.69) is 23.3 Å². The molecule has 0 aromatic carbocycles. The Morgan fingerprint density at radius 1 is 1.62 bits per heavy atom. The topological polar surface area (TPSA) is 24.9 Å². The van der Waals surface area contributed by atoms with Gasteiger partial charge in [-0.05, 0) is 31.4 Å². The van der Waals surface area contributed by atoms with Gasteiger partial charge in [0.05, 0.1) is 5.54 Å². The van der Waals surface area contributed by atoms with E-state index in [1.165, 1.54) is 5.56 Å². The number of alkyl halides is 1. The maximum Gasteiger partial charge on any atom is 0.129 e. The van der Waals surface area contributed by atoms with Crippen molar-refractivity contribution in [2.24, 2.45) is 0 Å². The Morgan fingerprint density at radius 2 is 2.38 bits per heavy atom. The van der Waals surface area contributed by atoms with Gasteiger partial charge in [-0.15, -0.1) is 11.6 Å². The number of anilines is 1. The molecule has 0 saturated heterocycles. The lowest BCUT2D eigenvalue weighted by Gasteiger charge is -2.15. The molecule has 0 atom stereocenters. The van der Waals surface area contributed by atoms with Crippen LogP contribution in [0.5, 0.6) is 0 Å². The number of halogens is 1. The van der Waals surface area contributed by atoms with Gasteiger partial charge in [0.15, 0.2) is 0 Å². The van der Waals surface area contributed by atoms with Crippen LogP contribution in [0, 0.1) is 6.92 Å². The van der Waals surface area contributed by atoms with Gasteiger partial charge in [0.25, 0.3) is 0 Å². The molecule has 2 nitrogen and oxygen atoms in total. The van der Waals surface area contributed by atoms with Crippen LogP contribution in [0.4, 0.5) is 5.82 Å². The summed E-state index contributed by atoms with van der Waals surface area (Å²) < 4.78 is 0. The van der Waals surface area contributed by atoms with Crippen molar-refractivity contribution in [3.8, 4) is 0 Å². The van der Waals surface area contributed by atoms with Gasteiger partial charge in [0, 0.05) is 12.1 Å². The third-order valence-corrected chi connectivity index (χ3v) is 3.01. The number of nitrogens with zero attached hydrogens (tertiary/aromatic N) is 1. The predicted octanol–water partition coefficient (Wildman–Crippen LogP) is 2.57. The Kier molecular flexibility index (Phi) is 2.16. The second-order valence-electron chi connectivity index (χ2n) is 3.71. The highest BCUT2D eigenvalue weighted by molar-refractivity contribution is 6.19. The molecule has 0 unspecified atom stereocenters. The van der Waals surface area contributed by atoms with E-state index in [9.17, 15) is 0 Å². The fraction of sp³-hybridized carbons (Fsp3) is 0.500. The lowest BCUT2D eigenvalue weighted by atomic mass is 10.2. The number of hydrogen-bond donors (Lipinski definition) is 1. The fourth-order valence-electron chi connectivity index (χ4n) is 1.31. The van der Waals surface area contributed by atoms with Crippen LogP contribution in [0.1, 0.15) is 18.4 Å². The lowest BCUT2D eigenvalue weighted by Crippen LogP contribution is -2.24. The molecular formula is C10H13ClN2. The monoisotopic (exact) mass is 196 g/mol. The zero-order chi connectivity index (χ0) is 9.31. The van der Waals surface area contributed by atoms with Crippen LogP contribution in [0.25, 0.3) is 0 Å².